The lowest BCUT2D eigenvalue weighted by molar-refractivity contribution is 0.589. The van der Waals surface area contributed by atoms with Crippen molar-refractivity contribution in [1.82, 2.24) is 0 Å². The Morgan fingerprint density at radius 1 is 1.50 bits per heavy atom. The molecule has 0 saturated carbocycles. The van der Waals surface area contributed by atoms with Crippen LogP contribution in [0.3, 0.4) is 0 Å². The molecular formula is C9H10ClNO2S. The number of anilines is 1. The highest BCUT2D eigenvalue weighted by Gasteiger charge is 2.29. The highest BCUT2D eigenvalue weighted by molar-refractivity contribution is 7.91. The van der Waals surface area contributed by atoms with Crippen LogP contribution in [-0.2, 0) is 9.84 Å². The van der Waals surface area contributed by atoms with Crippen LogP contribution in [0.1, 0.15) is 6.92 Å². The Bertz CT molecular complexity index is 470. The molecule has 0 saturated heterocycles. The third-order valence-corrected chi connectivity index (χ3v) is 4.58. The molecule has 1 heterocycles. The van der Waals surface area contributed by atoms with Crippen molar-refractivity contribution in [3.8, 4) is 0 Å². The van der Waals surface area contributed by atoms with Gasteiger partial charge in [-0.1, -0.05) is 17.7 Å². The van der Waals surface area contributed by atoms with Crippen molar-refractivity contribution >= 4 is 27.1 Å². The van der Waals surface area contributed by atoms with Gasteiger partial charge in [0.15, 0.2) is 9.84 Å². The minimum atomic E-state index is -3.22. The molecular weight excluding hydrogens is 222 g/mol. The van der Waals surface area contributed by atoms with E-state index in [0.717, 1.165) is 0 Å². The van der Waals surface area contributed by atoms with Gasteiger partial charge in [-0.05, 0) is 19.1 Å². The highest BCUT2D eigenvalue weighted by atomic mass is 35.5. The Morgan fingerprint density at radius 2 is 2.21 bits per heavy atom. The summed E-state index contributed by atoms with van der Waals surface area (Å²) in [5.41, 5.74) is 0.608. The van der Waals surface area contributed by atoms with Crippen LogP contribution in [0.4, 0.5) is 5.69 Å². The van der Waals surface area contributed by atoms with Gasteiger partial charge in [-0.15, -0.1) is 0 Å². The largest absolute Gasteiger partial charge is 0.380 e. The first-order chi connectivity index (χ1) is 6.50. The fourth-order valence-electron chi connectivity index (χ4n) is 1.66. The summed E-state index contributed by atoms with van der Waals surface area (Å²) in [6.45, 7) is 1.83. The normalized spacial score (nSPS) is 23.7. The number of rotatable bonds is 0. The third-order valence-electron chi connectivity index (χ3n) is 2.15. The zero-order chi connectivity index (χ0) is 10.3. The predicted octanol–water partition coefficient (Wildman–Crippen LogP) is 1.93. The molecule has 0 amide bonds. The van der Waals surface area contributed by atoms with Crippen LogP contribution in [0.2, 0.25) is 5.02 Å². The maximum Gasteiger partial charge on any atom is 0.183 e. The molecule has 0 aliphatic carbocycles. The van der Waals surface area contributed by atoms with Gasteiger partial charge in [0.1, 0.15) is 4.90 Å². The van der Waals surface area contributed by atoms with Gasteiger partial charge in [0.2, 0.25) is 0 Å². The molecule has 1 aromatic rings. The lowest BCUT2D eigenvalue weighted by Crippen LogP contribution is -2.31. The molecule has 1 aliphatic rings. The third kappa shape index (κ3) is 1.48. The van der Waals surface area contributed by atoms with Crippen molar-refractivity contribution in [3.05, 3.63) is 23.2 Å². The van der Waals surface area contributed by atoms with Gasteiger partial charge in [-0.25, -0.2) is 8.42 Å². The number of nitrogens with one attached hydrogen (secondary N) is 1. The molecule has 1 aromatic carbocycles. The van der Waals surface area contributed by atoms with E-state index in [0.29, 0.717) is 10.7 Å². The first-order valence-electron chi connectivity index (χ1n) is 4.28. The molecule has 3 nitrogen and oxygen atoms in total. The van der Waals surface area contributed by atoms with E-state index in [-0.39, 0.29) is 16.7 Å². The molecule has 0 aromatic heterocycles. The maximum atomic E-state index is 11.8. The molecule has 5 heteroatoms. The van der Waals surface area contributed by atoms with Crippen LogP contribution >= 0.6 is 11.6 Å². The van der Waals surface area contributed by atoms with Crippen molar-refractivity contribution in [3.63, 3.8) is 0 Å². The summed E-state index contributed by atoms with van der Waals surface area (Å²) in [5, 5.41) is 3.39. The number of benzene rings is 1. The topological polar surface area (TPSA) is 46.2 Å². The average Bonchev–Trinajstić information content (AvgIpc) is 2.00. The molecule has 0 radical (unpaired) electrons. The van der Waals surface area contributed by atoms with E-state index in [4.69, 9.17) is 11.6 Å². The van der Waals surface area contributed by atoms with E-state index in [1.54, 1.807) is 18.2 Å². The molecule has 1 unspecified atom stereocenters. The monoisotopic (exact) mass is 231 g/mol. The molecule has 0 fully saturated rings. The summed E-state index contributed by atoms with van der Waals surface area (Å²) in [5.74, 6) is 0.101. The first-order valence-corrected chi connectivity index (χ1v) is 6.31. The molecule has 1 aliphatic heterocycles. The van der Waals surface area contributed by atoms with Crippen molar-refractivity contribution in [2.24, 2.45) is 0 Å². The molecule has 0 spiro atoms. The van der Waals surface area contributed by atoms with Gasteiger partial charge < -0.3 is 5.32 Å². The highest BCUT2D eigenvalue weighted by Crippen LogP contribution is 2.33. The van der Waals surface area contributed by atoms with E-state index in [2.05, 4.69) is 5.32 Å². The van der Waals surface area contributed by atoms with Crippen LogP contribution in [0, 0.1) is 0 Å². The predicted molar refractivity (Wildman–Crippen MR) is 56.6 cm³/mol. The standard InChI is InChI=1S/C9H10ClNO2S/c1-6-5-14(12,13)9-7(10)3-2-4-8(9)11-6/h2-4,6,11H,5H2,1H3. The molecule has 14 heavy (non-hydrogen) atoms. The summed E-state index contributed by atoms with van der Waals surface area (Å²) in [7, 11) is -3.22. The van der Waals surface area contributed by atoms with Gasteiger partial charge in [0, 0.05) is 6.04 Å². The number of hydrogen-bond acceptors (Lipinski definition) is 3. The smallest absolute Gasteiger partial charge is 0.183 e. The molecule has 0 bridgehead atoms. The van der Waals surface area contributed by atoms with Crippen molar-refractivity contribution < 1.29 is 8.42 Å². The quantitative estimate of drug-likeness (QED) is 0.742. The summed E-state index contributed by atoms with van der Waals surface area (Å²) >= 11 is 5.86. The van der Waals surface area contributed by atoms with Crippen molar-refractivity contribution in [2.75, 3.05) is 11.1 Å². The number of halogens is 1. The van der Waals surface area contributed by atoms with E-state index in [1.165, 1.54) is 0 Å². The minimum Gasteiger partial charge on any atom is -0.380 e. The summed E-state index contributed by atoms with van der Waals surface area (Å²) in [6.07, 6.45) is 0. The van der Waals surface area contributed by atoms with E-state index < -0.39 is 9.84 Å². The molecule has 2 rings (SSSR count). The Morgan fingerprint density at radius 3 is 2.93 bits per heavy atom. The zero-order valence-electron chi connectivity index (χ0n) is 7.62. The molecule has 76 valence electrons. The van der Waals surface area contributed by atoms with Crippen LogP contribution in [0.5, 0.6) is 0 Å². The Hall–Kier alpha value is -0.740. The first kappa shape index (κ1) is 9.80. The van der Waals surface area contributed by atoms with Gasteiger partial charge in [-0.3, -0.25) is 0 Å². The van der Waals surface area contributed by atoms with Gasteiger partial charge >= 0.3 is 0 Å². The summed E-state index contributed by atoms with van der Waals surface area (Å²) < 4.78 is 23.6. The molecule has 1 N–H and O–H groups in total. The van der Waals surface area contributed by atoms with E-state index in [1.807, 2.05) is 6.92 Å². The fourth-order valence-corrected chi connectivity index (χ4v) is 3.92. The Kier molecular flexibility index (Phi) is 2.20. The van der Waals surface area contributed by atoms with Crippen LogP contribution in [-0.4, -0.2) is 20.2 Å². The van der Waals surface area contributed by atoms with Crippen LogP contribution in [0.15, 0.2) is 23.1 Å². The maximum absolute atomic E-state index is 11.8. The van der Waals surface area contributed by atoms with E-state index >= 15 is 0 Å². The molecule has 1 atom stereocenters. The lowest BCUT2D eigenvalue weighted by atomic mass is 10.3. The summed E-state index contributed by atoms with van der Waals surface area (Å²) in [6, 6.07) is 5.00. The van der Waals surface area contributed by atoms with Crippen LogP contribution in [0.25, 0.3) is 0 Å². The van der Waals surface area contributed by atoms with E-state index in [9.17, 15) is 8.42 Å². The fraction of sp³-hybridized carbons (Fsp3) is 0.333. The zero-order valence-corrected chi connectivity index (χ0v) is 9.19. The van der Waals surface area contributed by atoms with Crippen molar-refractivity contribution in [1.29, 1.82) is 0 Å². The van der Waals surface area contributed by atoms with Gasteiger partial charge in [0.25, 0.3) is 0 Å². The second-order valence-corrected chi connectivity index (χ2v) is 5.82. The lowest BCUT2D eigenvalue weighted by Gasteiger charge is -2.24. The number of hydrogen-bond donors (Lipinski definition) is 1. The summed E-state index contributed by atoms with van der Waals surface area (Å²) in [4.78, 5) is 0.236. The van der Waals surface area contributed by atoms with Crippen LogP contribution < -0.4 is 5.32 Å². The number of fused-ring (bicyclic) bond motifs is 1. The second kappa shape index (κ2) is 3.14. The van der Waals surface area contributed by atoms with Crippen molar-refractivity contribution in [2.45, 2.75) is 17.9 Å². The Labute approximate surface area is 88.0 Å². The van der Waals surface area contributed by atoms with Gasteiger partial charge in [-0.2, -0.15) is 0 Å². The minimum absolute atomic E-state index is 0.0639. The second-order valence-electron chi connectivity index (χ2n) is 3.44. The average molecular weight is 232 g/mol. The Balaban J connectivity index is 2.71. The SMILES string of the molecule is CC1CS(=O)(=O)c2c(Cl)cccc2N1. The number of sulfone groups is 1. The van der Waals surface area contributed by atoms with Gasteiger partial charge in [0.05, 0.1) is 16.5 Å².